The fraction of sp³-hybridized carbons (Fsp3) is 0.533. The highest BCUT2D eigenvalue weighted by Gasteiger charge is 2.04. The van der Waals surface area contributed by atoms with Crippen molar-refractivity contribution in [3.8, 4) is 5.75 Å². The summed E-state index contributed by atoms with van der Waals surface area (Å²) >= 11 is 0. The van der Waals surface area contributed by atoms with Crippen molar-refractivity contribution in [2.75, 3.05) is 34.3 Å². The first-order valence-electron chi connectivity index (χ1n) is 6.67. The van der Waals surface area contributed by atoms with E-state index in [1.165, 1.54) is 11.1 Å². The van der Waals surface area contributed by atoms with Gasteiger partial charge >= 0.3 is 0 Å². The van der Waals surface area contributed by atoms with Crippen molar-refractivity contribution in [3.05, 3.63) is 29.3 Å². The Morgan fingerprint density at radius 3 is 2.68 bits per heavy atom. The lowest BCUT2D eigenvalue weighted by molar-refractivity contribution is 0.409. The molecule has 106 valence electrons. The van der Waals surface area contributed by atoms with Gasteiger partial charge in [0.2, 0.25) is 0 Å². The molecular formula is C15H25N3O. The lowest BCUT2D eigenvalue weighted by atomic mass is 10.1. The van der Waals surface area contributed by atoms with Crippen molar-refractivity contribution in [3.63, 3.8) is 0 Å². The van der Waals surface area contributed by atoms with Crippen molar-refractivity contribution >= 4 is 5.96 Å². The molecule has 0 radical (unpaired) electrons. The van der Waals surface area contributed by atoms with E-state index in [0.29, 0.717) is 0 Å². The zero-order valence-electron chi connectivity index (χ0n) is 12.7. The van der Waals surface area contributed by atoms with Gasteiger partial charge < -0.3 is 15.0 Å². The van der Waals surface area contributed by atoms with Crippen LogP contribution in [0.15, 0.2) is 23.2 Å². The van der Waals surface area contributed by atoms with E-state index in [4.69, 9.17) is 4.74 Å². The molecule has 1 aromatic rings. The Bertz CT molecular complexity index is 427. The van der Waals surface area contributed by atoms with E-state index in [-0.39, 0.29) is 0 Å². The molecule has 0 heterocycles. The standard InChI is InChI=1S/C15H25N3O/c1-6-16-15(18(3)4)17-10-9-13-11-12(2)7-8-14(13)19-5/h7-8,11H,6,9-10H2,1-5H3,(H,16,17). The molecular weight excluding hydrogens is 238 g/mol. The van der Waals surface area contributed by atoms with Gasteiger partial charge in [-0.3, -0.25) is 4.99 Å². The normalized spacial score (nSPS) is 11.3. The van der Waals surface area contributed by atoms with E-state index in [1.54, 1.807) is 7.11 Å². The fourth-order valence-corrected chi connectivity index (χ4v) is 1.90. The minimum atomic E-state index is 0.750. The van der Waals surface area contributed by atoms with E-state index < -0.39 is 0 Å². The summed E-state index contributed by atoms with van der Waals surface area (Å²) in [6.45, 7) is 5.80. The molecule has 0 unspecified atom stereocenters. The van der Waals surface area contributed by atoms with Crippen LogP contribution in [0.4, 0.5) is 0 Å². The molecule has 0 spiro atoms. The second-order valence-electron chi connectivity index (χ2n) is 4.70. The number of aryl methyl sites for hydroxylation is 1. The monoisotopic (exact) mass is 263 g/mol. The Hall–Kier alpha value is -1.71. The first-order chi connectivity index (χ1) is 9.08. The van der Waals surface area contributed by atoms with E-state index >= 15 is 0 Å². The Morgan fingerprint density at radius 1 is 1.37 bits per heavy atom. The molecule has 19 heavy (non-hydrogen) atoms. The van der Waals surface area contributed by atoms with Crippen LogP contribution in [0, 0.1) is 6.92 Å². The molecule has 0 atom stereocenters. The molecule has 0 aliphatic rings. The number of benzene rings is 1. The molecule has 1 aromatic carbocycles. The topological polar surface area (TPSA) is 36.9 Å². The lowest BCUT2D eigenvalue weighted by Gasteiger charge is -2.16. The Labute approximate surface area is 116 Å². The zero-order chi connectivity index (χ0) is 14.3. The summed E-state index contributed by atoms with van der Waals surface area (Å²) in [5, 5.41) is 3.25. The summed E-state index contributed by atoms with van der Waals surface area (Å²) < 4.78 is 5.38. The number of hydrogen-bond acceptors (Lipinski definition) is 2. The Balaban J connectivity index is 2.70. The summed E-state index contributed by atoms with van der Waals surface area (Å²) in [6.07, 6.45) is 0.883. The van der Waals surface area contributed by atoms with Crippen LogP contribution in [-0.2, 0) is 6.42 Å². The molecule has 0 bridgehead atoms. The van der Waals surface area contributed by atoms with Gasteiger partial charge in [0.15, 0.2) is 5.96 Å². The lowest BCUT2D eigenvalue weighted by Crippen LogP contribution is -2.36. The Kier molecular flexibility index (Phi) is 6.19. The molecule has 0 aromatic heterocycles. The van der Waals surface area contributed by atoms with Gasteiger partial charge in [0, 0.05) is 27.2 Å². The maximum Gasteiger partial charge on any atom is 0.193 e. The zero-order valence-corrected chi connectivity index (χ0v) is 12.7. The van der Waals surface area contributed by atoms with Crippen molar-refractivity contribution in [1.82, 2.24) is 10.2 Å². The number of nitrogens with one attached hydrogen (secondary N) is 1. The van der Waals surface area contributed by atoms with Crippen molar-refractivity contribution in [2.45, 2.75) is 20.3 Å². The van der Waals surface area contributed by atoms with Gasteiger partial charge in [-0.1, -0.05) is 17.7 Å². The van der Waals surface area contributed by atoms with Crippen LogP contribution in [0.25, 0.3) is 0 Å². The molecule has 1 rings (SSSR count). The highest BCUT2D eigenvalue weighted by atomic mass is 16.5. The molecule has 0 aliphatic carbocycles. The van der Waals surface area contributed by atoms with Crippen LogP contribution >= 0.6 is 0 Å². The third kappa shape index (κ3) is 4.81. The number of hydrogen-bond donors (Lipinski definition) is 1. The van der Waals surface area contributed by atoms with Gasteiger partial charge in [-0.25, -0.2) is 0 Å². The summed E-state index contributed by atoms with van der Waals surface area (Å²) in [7, 11) is 5.70. The van der Waals surface area contributed by atoms with Crippen LogP contribution in [0.2, 0.25) is 0 Å². The van der Waals surface area contributed by atoms with Gasteiger partial charge in [-0.15, -0.1) is 0 Å². The highest BCUT2D eigenvalue weighted by Crippen LogP contribution is 2.20. The molecule has 1 N–H and O–H groups in total. The SMILES string of the molecule is CCNC(=NCCc1cc(C)ccc1OC)N(C)C. The van der Waals surface area contributed by atoms with Crippen LogP contribution in [0.5, 0.6) is 5.75 Å². The summed E-state index contributed by atoms with van der Waals surface area (Å²) in [6, 6.07) is 6.25. The Morgan fingerprint density at radius 2 is 2.11 bits per heavy atom. The van der Waals surface area contributed by atoms with E-state index in [9.17, 15) is 0 Å². The molecule has 0 saturated heterocycles. The fourth-order valence-electron chi connectivity index (χ4n) is 1.90. The molecule has 0 aliphatic heterocycles. The minimum absolute atomic E-state index is 0.750. The molecule has 4 nitrogen and oxygen atoms in total. The van der Waals surface area contributed by atoms with Gasteiger partial charge in [0.1, 0.15) is 5.75 Å². The third-order valence-corrected chi connectivity index (χ3v) is 2.84. The second-order valence-corrected chi connectivity index (χ2v) is 4.70. The van der Waals surface area contributed by atoms with Crippen molar-refractivity contribution < 1.29 is 4.74 Å². The first kappa shape index (κ1) is 15.3. The van der Waals surface area contributed by atoms with E-state index in [0.717, 1.165) is 31.2 Å². The average molecular weight is 263 g/mol. The smallest absolute Gasteiger partial charge is 0.193 e. The van der Waals surface area contributed by atoms with Gasteiger partial charge in [-0.05, 0) is 31.9 Å². The first-order valence-corrected chi connectivity index (χ1v) is 6.67. The molecule has 0 amide bonds. The quantitative estimate of drug-likeness (QED) is 0.653. The van der Waals surface area contributed by atoms with E-state index in [1.807, 2.05) is 25.1 Å². The number of guanidine groups is 1. The number of nitrogens with zero attached hydrogens (tertiary/aromatic N) is 2. The summed E-state index contributed by atoms with van der Waals surface area (Å²) in [4.78, 5) is 6.59. The minimum Gasteiger partial charge on any atom is -0.496 e. The maximum absolute atomic E-state index is 5.38. The van der Waals surface area contributed by atoms with Crippen LogP contribution in [-0.4, -0.2) is 45.2 Å². The highest BCUT2D eigenvalue weighted by molar-refractivity contribution is 5.79. The van der Waals surface area contributed by atoms with Crippen molar-refractivity contribution in [2.24, 2.45) is 4.99 Å². The molecule has 0 saturated carbocycles. The third-order valence-electron chi connectivity index (χ3n) is 2.84. The second kappa shape index (κ2) is 7.67. The van der Waals surface area contributed by atoms with Gasteiger partial charge in [0.05, 0.1) is 7.11 Å². The number of rotatable bonds is 5. The summed E-state index contributed by atoms with van der Waals surface area (Å²) in [5.74, 6) is 1.87. The number of methoxy groups -OCH3 is 1. The predicted octanol–water partition coefficient (Wildman–Crippen LogP) is 2.07. The molecule has 4 heteroatoms. The number of aliphatic imine (C=N–C) groups is 1. The largest absolute Gasteiger partial charge is 0.496 e. The van der Waals surface area contributed by atoms with Crippen molar-refractivity contribution in [1.29, 1.82) is 0 Å². The predicted molar refractivity (Wildman–Crippen MR) is 81.1 cm³/mol. The maximum atomic E-state index is 5.38. The van der Waals surface area contributed by atoms with E-state index in [2.05, 4.69) is 36.3 Å². The van der Waals surface area contributed by atoms with Crippen LogP contribution < -0.4 is 10.1 Å². The van der Waals surface area contributed by atoms with Gasteiger partial charge in [-0.2, -0.15) is 0 Å². The van der Waals surface area contributed by atoms with Gasteiger partial charge in [0.25, 0.3) is 0 Å². The molecule has 0 fully saturated rings. The average Bonchev–Trinajstić information content (AvgIpc) is 2.38. The summed E-state index contributed by atoms with van der Waals surface area (Å²) in [5.41, 5.74) is 2.46. The van der Waals surface area contributed by atoms with Crippen LogP contribution in [0.3, 0.4) is 0 Å². The number of ether oxygens (including phenoxy) is 1. The van der Waals surface area contributed by atoms with Crippen LogP contribution in [0.1, 0.15) is 18.1 Å².